The zero-order valence-electron chi connectivity index (χ0n) is 12.1. The van der Waals surface area contributed by atoms with Crippen LogP contribution in [0.5, 0.6) is 0 Å². The molecule has 118 valence electrons. The fourth-order valence-electron chi connectivity index (χ4n) is 2.54. The largest absolute Gasteiger partial charge is 0.481 e. The monoisotopic (exact) mass is 348 g/mol. The number of thioether (sulfide) groups is 1. The summed E-state index contributed by atoms with van der Waals surface area (Å²) in [6, 6.07) is 7.22. The number of carbonyl (C=O) groups excluding carboxylic acids is 2. The topological polar surface area (TPSA) is 77.9 Å². The van der Waals surface area contributed by atoms with E-state index in [1.165, 1.54) is 9.80 Å². The van der Waals surface area contributed by atoms with E-state index >= 15 is 0 Å². The van der Waals surface area contributed by atoms with Crippen LogP contribution in [-0.4, -0.2) is 45.7 Å². The summed E-state index contributed by atoms with van der Waals surface area (Å²) in [6.07, 6.45) is -0.195. The van der Waals surface area contributed by atoms with Crippen LogP contribution in [0.4, 0.5) is 5.69 Å². The standard InChI is InChI=1S/C15H12N2O4S2/c1-16-9-5-3-2-4-8(9)11(13(16)20)12-14(21)17(15(22)23-12)7-6-10(18)19/h2-5H,6-7H2,1H3,(H,18,19)/b12-11-. The predicted octanol–water partition coefficient (Wildman–Crippen LogP) is 1.71. The Kier molecular flexibility index (Phi) is 3.95. The summed E-state index contributed by atoms with van der Waals surface area (Å²) in [4.78, 5) is 38.8. The molecule has 0 spiro atoms. The quantitative estimate of drug-likeness (QED) is 0.662. The van der Waals surface area contributed by atoms with E-state index in [-0.39, 0.29) is 28.1 Å². The maximum Gasteiger partial charge on any atom is 0.305 e. The molecule has 1 N–H and O–H groups in total. The molecular weight excluding hydrogens is 336 g/mol. The van der Waals surface area contributed by atoms with E-state index in [1.807, 2.05) is 12.1 Å². The fraction of sp³-hybridized carbons (Fsp3) is 0.200. The smallest absolute Gasteiger partial charge is 0.305 e. The van der Waals surface area contributed by atoms with Gasteiger partial charge in [0.25, 0.3) is 11.8 Å². The molecule has 3 rings (SSSR count). The second-order valence-electron chi connectivity index (χ2n) is 5.05. The third-order valence-electron chi connectivity index (χ3n) is 3.68. The number of carbonyl (C=O) groups is 3. The number of aliphatic carboxylic acids is 1. The first-order valence-electron chi connectivity index (χ1n) is 6.79. The fourth-order valence-corrected chi connectivity index (χ4v) is 3.92. The Balaban J connectivity index is 2.03. The number of hydrogen-bond donors (Lipinski definition) is 1. The van der Waals surface area contributed by atoms with E-state index in [0.29, 0.717) is 11.1 Å². The van der Waals surface area contributed by atoms with Crippen molar-refractivity contribution in [3.63, 3.8) is 0 Å². The van der Waals surface area contributed by atoms with Crippen molar-refractivity contribution in [2.24, 2.45) is 0 Å². The summed E-state index contributed by atoms with van der Waals surface area (Å²) >= 11 is 6.21. The molecule has 0 atom stereocenters. The molecule has 2 heterocycles. The molecule has 1 fully saturated rings. The van der Waals surface area contributed by atoms with Crippen molar-refractivity contribution in [2.75, 3.05) is 18.5 Å². The highest BCUT2D eigenvalue weighted by molar-refractivity contribution is 8.26. The first kappa shape index (κ1) is 15.7. The van der Waals surface area contributed by atoms with Gasteiger partial charge in [0.2, 0.25) is 0 Å². The van der Waals surface area contributed by atoms with Crippen molar-refractivity contribution in [3.05, 3.63) is 34.7 Å². The molecule has 1 aromatic rings. The maximum absolute atomic E-state index is 12.6. The lowest BCUT2D eigenvalue weighted by atomic mass is 10.1. The Labute approximate surface area is 141 Å². The number of hydrogen-bond acceptors (Lipinski definition) is 5. The molecule has 8 heteroatoms. The molecule has 0 aliphatic carbocycles. The first-order chi connectivity index (χ1) is 10.9. The van der Waals surface area contributed by atoms with Crippen molar-refractivity contribution in [3.8, 4) is 0 Å². The van der Waals surface area contributed by atoms with Crippen molar-refractivity contribution < 1.29 is 19.5 Å². The number of carboxylic acids is 1. The van der Waals surface area contributed by atoms with Gasteiger partial charge in [-0.2, -0.15) is 0 Å². The normalized spacial score (nSPS) is 20.5. The Morgan fingerprint density at radius 2 is 1.96 bits per heavy atom. The van der Waals surface area contributed by atoms with Crippen molar-refractivity contribution in [1.29, 1.82) is 0 Å². The second-order valence-corrected chi connectivity index (χ2v) is 6.70. The summed E-state index contributed by atoms with van der Waals surface area (Å²) in [6.45, 7) is 0.00244. The third-order valence-corrected chi connectivity index (χ3v) is 5.13. The van der Waals surface area contributed by atoms with Crippen LogP contribution in [0.1, 0.15) is 12.0 Å². The highest BCUT2D eigenvalue weighted by atomic mass is 32.2. The lowest BCUT2D eigenvalue weighted by molar-refractivity contribution is -0.137. The minimum absolute atomic E-state index is 0.00244. The Bertz CT molecular complexity index is 787. The molecular formula is C15H12N2O4S2. The highest BCUT2D eigenvalue weighted by Gasteiger charge is 2.40. The van der Waals surface area contributed by atoms with Gasteiger partial charge < -0.3 is 10.0 Å². The van der Waals surface area contributed by atoms with Crippen molar-refractivity contribution in [1.82, 2.24) is 4.90 Å². The van der Waals surface area contributed by atoms with Crippen LogP contribution in [0.2, 0.25) is 0 Å². The molecule has 0 bridgehead atoms. The van der Waals surface area contributed by atoms with Crippen LogP contribution < -0.4 is 4.90 Å². The van der Waals surface area contributed by atoms with E-state index in [2.05, 4.69) is 0 Å². The average molecular weight is 348 g/mol. The predicted molar refractivity (Wildman–Crippen MR) is 90.9 cm³/mol. The zero-order chi connectivity index (χ0) is 16.7. The van der Waals surface area contributed by atoms with E-state index in [4.69, 9.17) is 17.3 Å². The summed E-state index contributed by atoms with van der Waals surface area (Å²) in [7, 11) is 1.65. The molecule has 0 aromatic heterocycles. The number of anilines is 1. The number of carboxylic acid groups (broad SMARTS) is 1. The third kappa shape index (κ3) is 2.53. The van der Waals surface area contributed by atoms with Gasteiger partial charge in [0.15, 0.2) is 0 Å². The minimum Gasteiger partial charge on any atom is -0.481 e. The highest BCUT2D eigenvalue weighted by Crippen LogP contribution is 2.43. The van der Waals surface area contributed by atoms with Gasteiger partial charge in [0, 0.05) is 19.2 Å². The van der Waals surface area contributed by atoms with Crippen LogP contribution in [-0.2, 0) is 14.4 Å². The minimum atomic E-state index is -1.01. The van der Waals surface area contributed by atoms with Gasteiger partial charge >= 0.3 is 5.97 Å². The molecule has 23 heavy (non-hydrogen) atoms. The van der Waals surface area contributed by atoms with E-state index in [0.717, 1.165) is 17.4 Å². The van der Waals surface area contributed by atoms with Crippen LogP contribution in [0.25, 0.3) is 5.57 Å². The SMILES string of the molecule is CN1C(=O)/C(=C2\SC(=S)N(CCC(=O)O)C2=O)c2ccccc21. The summed E-state index contributed by atoms with van der Waals surface area (Å²) < 4.78 is 0.276. The molecule has 1 saturated heterocycles. The zero-order valence-corrected chi connectivity index (χ0v) is 13.7. The summed E-state index contributed by atoms with van der Waals surface area (Å²) in [5, 5.41) is 8.77. The van der Waals surface area contributed by atoms with Crippen LogP contribution in [0.15, 0.2) is 29.2 Å². The number of rotatable bonds is 3. The number of nitrogens with zero attached hydrogens (tertiary/aromatic N) is 2. The number of para-hydroxylation sites is 1. The molecule has 0 unspecified atom stereocenters. The van der Waals surface area contributed by atoms with Crippen LogP contribution in [0, 0.1) is 0 Å². The van der Waals surface area contributed by atoms with Crippen LogP contribution in [0.3, 0.4) is 0 Å². The summed E-state index contributed by atoms with van der Waals surface area (Å²) in [5.74, 6) is -1.67. The molecule has 2 aliphatic heterocycles. The van der Waals surface area contributed by atoms with Crippen molar-refractivity contribution >= 4 is 57.3 Å². The number of benzene rings is 1. The van der Waals surface area contributed by atoms with Gasteiger partial charge in [-0.3, -0.25) is 19.3 Å². The second kappa shape index (κ2) is 5.78. The molecule has 0 radical (unpaired) electrons. The maximum atomic E-state index is 12.6. The average Bonchev–Trinajstić information content (AvgIpc) is 2.93. The molecule has 1 aromatic carbocycles. The van der Waals surface area contributed by atoms with E-state index in [9.17, 15) is 14.4 Å². The van der Waals surface area contributed by atoms with Gasteiger partial charge in [-0.15, -0.1) is 0 Å². The first-order valence-corrected chi connectivity index (χ1v) is 8.01. The Morgan fingerprint density at radius 3 is 2.65 bits per heavy atom. The van der Waals surface area contributed by atoms with E-state index in [1.54, 1.807) is 19.2 Å². The van der Waals surface area contributed by atoms with Gasteiger partial charge in [-0.25, -0.2) is 0 Å². The summed E-state index contributed by atoms with van der Waals surface area (Å²) in [5.41, 5.74) is 1.76. The van der Waals surface area contributed by atoms with Crippen LogP contribution >= 0.6 is 24.0 Å². The number of thiocarbonyl (C=S) groups is 1. The van der Waals surface area contributed by atoms with Gasteiger partial charge in [-0.05, 0) is 6.07 Å². The van der Waals surface area contributed by atoms with Gasteiger partial charge in [-0.1, -0.05) is 42.2 Å². The Morgan fingerprint density at radius 1 is 1.26 bits per heavy atom. The molecule has 0 saturated carbocycles. The molecule has 2 amide bonds. The number of amides is 2. The van der Waals surface area contributed by atoms with Crippen molar-refractivity contribution in [2.45, 2.75) is 6.42 Å². The molecule has 6 nitrogen and oxygen atoms in total. The lowest BCUT2D eigenvalue weighted by Crippen LogP contribution is -2.30. The number of likely N-dealkylation sites (N-methyl/N-ethyl adjacent to an activating group) is 1. The number of fused-ring (bicyclic) bond motifs is 1. The molecule has 2 aliphatic rings. The lowest BCUT2D eigenvalue weighted by Gasteiger charge is -2.12. The van der Waals surface area contributed by atoms with Gasteiger partial charge in [0.05, 0.1) is 22.6 Å². The van der Waals surface area contributed by atoms with E-state index < -0.39 is 11.9 Å². The Hall–Kier alpha value is -2.19. The van der Waals surface area contributed by atoms with Gasteiger partial charge in [0.1, 0.15) is 4.32 Å².